The Morgan fingerprint density at radius 2 is 1.53 bits per heavy atom. The van der Waals surface area contributed by atoms with E-state index in [0.717, 1.165) is 0 Å². The Morgan fingerprint density at radius 3 is 2.05 bits per heavy atom. The third-order valence-corrected chi connectivity index (χ3v) is 6.49. The van der Waals surface area contributed by atoms with Gasteiger partial charge >= 0.3 is 0 Å². The van der Waals surface area contributed by atoms with E-state index < -0.39 is 0 Å². The maximum absolute atomic E-state index is 10.5. The van der Waals surface area contributed by atoms with Crippen molar-refractivity contribution in [1.82, 2.24) is 4.90 Å². The summed E-state index contributed by atoms with van der Waals surface area (Å²) in [5, 5.41) is 10.5. The molecule has 2 saturated carbocycles. The standard InChI is InChI=1S/C17H31NO/c1-16(2)9-6-14(15(16)19)18-12-10-17(11-13-18)7-4-3-5-8-17/h14-15,19H,3-13H2,1-2H3. The second-order valence-corrected chi connectivity index (χ2v) is 8.14. The zero-order valence-electron chi connectivity index (χ0n) is 12.8. The molecule has 2 unspecified atom stereocenters. The summed E-state index contributed by atoms with van der Waals surface area (Å²) in [5.41, 5.74) is 0.818. The molecule has 1 saturated heterocycles. The lowest BCUT2D eigenvalue weighted by Gasteiger charge is -2.47. The minimum Gasteiger partial charge on any atom is -0.391 e. The summed E-state index contributed by atoms with van der Waals surface area (Å²) in [6.45, 7) is 6.92. The van der Waals surface area contributed by atoms with E-state index in [1.165, 1.54) is 70.9 Å². The van der Waals surface area contributed by atoms with E-state index in [4.69, 9.17) is 0 Å². The van der Waals surface area contributed by atoms with Gasteiger partial charge in [0.25, 0.3) is 0 Å². The molecule has 0 aromatic rings. The van der Waals surface area contributed by atoms with Gasteiger partial charge in [0.1, 0.15) is 0 Å². The molecule has 0 aromatic heterocycles. The van der Waals surface area contributed by atoms with Crippen LogP contribution in [0.25, 0.3) is 0 Å². The Bertz CT molecular complexity index is 309. The summed E-state index contributed by atoms with van der Waals surface area (Å²) in [5.74, 6) is 0. The van der Waals surface area contributed by atoms with Crippen molar-refractivity contribution in [3.05, 3.63) is 0 Å². The fourth-order valence-electron chi connectivity index (χ4n) is 4.86. The summed E-state index contributed by atoms with van der Waals surface area (Å²) >= 11 is 0. The van der Waals surface area contributed by atoms with E-state index in [1.54, 1.807) is 0 Å². The van der Waals surface area contributed by atoms with Gasteiger partial charge in [-0.15, -0.1) is 0 Å². The minimum atomic E-state index is -0.118. The largest absolute Gasteiger partial charge is 0.391 e. The Morgan fingerprint density at radius 1 is 0.895 bits per heavy atom. The normalized spacial score (nSPS) is 38.7. The van der Waals surface area contributed by atoms with Gasteiger partial charge in [-0.1, -0.05) is 33.1 Å². The molecule has 0 bridgehead atoms. The lowest BCUT2D eigenvalue weighted by atomic mass is 9.68. The molecule has 0 aromatic carbocycles. The third kappa shape index (κ3) is 2.58. The van der Waals surface area contributed by atoms with Crippen molar-refractivity contribution in [3.8, 4) is 0 Å². The summed E-state index contributed by atoms with van der Waals surface area (Å²) < 4.78 is 0. The van der Waals surface area contributed by atoms with Crippen LogP contribution in [0.15, 0.2) is 0 Å². The minimum absolute atomic E-state index is 0.118. The van der Waals surface area contributed by atoms with Crippen molar-refractivity contribution in [2.45, 2.75) is 83.8 Å². The van der Waals surface area contributed by atoms with E-state index in [0.29, 0.717) is 11.5 Å². The second-order valence-electron chi connectivity index (χ2n) is 8.14. The maximum atomic E-state index is 10.5. The quantitative estimate of drug-likeness (QED) is 0.783. The number of rotatable bonds is 1. The van der Waals surface area contributed by atoms with Crippen LogP contribution in [0.2, 0.25) is 0 Å². The number of likely N-dealkylation sites (tertiary alicyclic amines) is 1. The Hall–Kier alpha value is -0.0800. The van der Waals surface area contributed by atoms with E-state index >= 15 is 0 Å². The number of nitrogens with zero attached hydrogens (tertiary/aromatic N) is 1. The number of piperidine rings is 1. The topological polar surface area (TPSA) is 23.5 Å². The molecule has 1 N–H and O–H groups in total. The number of aliphatic hydroxyl groups excluding tert-OH is 1. The second kappa shape index (κ2) is 5.04. The van der Waals surface area contributed by atoms with Crippen molar-refractivity contribution in [3.63, 3.8) is 0 Å². The third-order valence-electron chi connectivity index (χ3n) is 6.49. The zero-order valence-corrected chi connectivity index (χ0v) is 12.8. The van der Waals surface area contributed by atoms with Gasteiger partial charge < -0.3 is 5.11 Å². The predicted molar refractivity (Wildman–Crippen MR) is 79.1 cm³/mol. The average Bonchev–Trinajstić information content (AvgIpc) is 2.67. The molecule has 110 valence electrons. The molecule has 3 rings (SSSR count). The Labute approximate surface area is 118 Å². The van der Waals surface area contributed by atoms with E-state index in [2.05, 4.69) is 18.7 Å². The van der Waals surface area contributed by atoms with E-state index in [-0.39, 0.29) is 11.5 Å². The first-order valence-electron chi connectivity index (χ1n) is 8.45. The molecule has 1 heterocycles. The maximum Gasteiger partial charge on any atom is 0.0746 e. The van der Waals surface area contributed by atoms with Crippen LogP contribution in [0.1, 0.15) is 71.6 Å². The van der Waals surface area contributed by atoms with Crippen LogP contribution in [-0.2, 0) is 0 Å². The molecule has 19 heavy (non-hydrogen) atoms. The Kier molecular flexibility index (Phi) is 3.68. The average molecular weight is 265 g/mol. The van der Waals surface area contributed by atoms with Crippen molar-refractivity contribution in [1.29, 1.82) is 0 Å². The smallest absolute Gasteiger partial charge is 0.0746 e. The van der Waals surface area contributed by atoms with Gasteiger partial charge in [0, 0.05) is 6.04 Å². The van der Waals surface area contributed by atoms with E-state index in [9.17, 15) is 5.11 Å². The fourth-order valence-corrected chi connectivity index (χ4v) is 4.86. The molecule has 2 heteroatoms. The van der Waals surface area contributed by atoms with Crippen LogP contribution in [0, 0.1) is 10.8 Å². The number of hydrogen-bond acceptors (Lipinski definition) is 2. The van der Waals surface area contributed by atoms with Gasteiger partial charge in [0.15, 0.2) is 0 Å². The van der Waals surface area contributed by atoms with Crippen LogP contribution in [0.5, 0.6) is 0 Å². The first-order chi connectivity index (χ1) is 9.03. The number of hydrogen-bond donors (Lipinski definition) is 1. The van der Waals surface area contributed by atoms with Gasteiger partial charge in [-0.25, -0.2) is 0 Å². The summed E-state index contributed by atoms with van der Waals surface area (Å²) in [6, 6.07) is 0.441. The molecule has 2 nitrogen and oxygen atoms in total. The van der Waals surface area contributed by atoms with Gasteiger partial charge in [-0.05, 0) is 62.4 Å². The van der Waals surface area contributed by atoms with Crippen molar-refractivity contribution in [2.24, 2.45) is 10.8 Å². The molecule has 0 amide bonds. The SMILES string of the molecule is CC1(C)CCC(N2CCC3(CCCCC3)CC2)C1O. The molecule has 3 aliphatic rings. The van der Waals surface area contributed by atoms with Gasteiger partial charge in [-0.3, -0.25) is 4.90 Å². The predicted octanol–water partition coefficient (Wildman–Crippen LogP) is 3.58. The molecule has 0 radical (unpaired) electrons. The molecular formula is C17H31NO. The number of aliphatic hydroxyl groups is 1. The van der Waals surface area contributed by atoms with Gasteiger partial charge in [0.2, 0.25) is 0 Å². The van der Waals surface area contributed by atoms with Crippen LogP contribution in [0.4, 0.5) is 0 Å². The lowest BCUT2D eigenvalue weighted by molar-refractivity contribution is -0.0175. The first kappa shape index (κ1) is 13.9. The summed E-state index contributed by atoms with van der Waals surface area (Å²) in [6.07, 6.45) is 12.3. The van der Waals surface area contributed by atoms with Crippen LogP contribution >= 0.6 is 0 Å². The Balaban J connectivity index is 1.58. The highest BCUT2D eigenvalue weighted by molar-refractivity contribution is 4.99. The molecule has 2 atom stereocenters. The van der Waals surface area contributed by atoms with Crippen molar-refractivity contribution >= 4 is 0 Å². The van der Waals surface area contributed by atoms with Gasteiger partial charge in [0.05, 0.1) is 6.10 Å². The fraction of sp³-hybridized carbons (Fsp3) is 1.00. The summed E-state index contributed by atoms with van der Waals surface area (Å²) in [4.78, 5) is 2.61. The highest BCUT2D eigenvalue weighted by Gasteiger charge is 2.45. The van der Waals surface area contributed by atoms with Gasteiger partial charge in [-0.2, -0.15) is 0 Å². The van der Waals surface area contributed by atoms with Crippen LogP contribution < -0.4 is 0 Å². The first-order valence-corrected chi connectivity index (χ1v) is 8.45. The lowest BCUT2D eigenvalue weighted by Crippen LogP contribution is -2.50. The van der Waals surface area contributed by atoms with Crippen molar-refractivity contribution < 1.29 is 5.11 Å². The van der Waals surface area contributed by atoms with Crippen LogP contribution in [0.3, 0.4) is 0 Å². The molecule has 1 spiro atoms. The molecule has 3 fully saturated rings. The van der Waals surface area contributed by atoms with Crippen LogP contribution in [-0.4, -0.2) is 35.2 Å². The zero-order chi connectivity index (χ0) is 13.5. The summed E-state index contributed by atoms with van der Waals surface area (Å²) in [7, 11) is 0. The van der Waals surface area contributed by atoms with E-state index in [1.807, 2.05) is 0 Å². The monoisotopic (exact) mass is 265 g/mol. The highest BCUT2D eigenvalue weighted by Crippen LogP contribution is 2.47. The van der Waals surface area contributed by atoms with Crippen molar-refractivity contribution in [2.75, 3.05) is 13.1 Å². The molecule has 2 aliphatic carbocycles. The molecular weight excluding hydrogens is 234 g/mol. The molecule has 1 aliphatic heterocycles. The highest BCUT2D eigenvalue weighted by atomic mass is 16.3.